The normalized spacial score (nSPS) is 17.4. The predicted molar refractivity (Wildman–Crippen MR) is 127 cm³/mol. The molecule has 0 atom stereocenters. The lowest BCUT2D eigenvalue weighted by Crippen LogP contribution is -2.21. The van der Waals surface area contributed by atoms with Gasteiger partial charge >= 0.3 is 6.09 Å². The fourth-order valence-electron chi connectivity index (χ4n) is 3.18. The van der Waals surface area contributed by atoms with Crippen LogP contribution in [0.15, 0.2) is 71.4 Å². The summed E-state index contributed by atoms with van der Waals surface area (Å²) in [7, 11) is 1.62. The average Bonchev–Trinajstić information content (AvgIpc) is 3.24. The van der Waals surface area contributed by atoms with Crippen molar-refractivity contribution in [1.82, 2.24) is 14.7 Å². The first kappa shape index (κ1) is 22.9. The monoisotopic (exact) mass is 435 g/mol. The predicted octanol–water partition coefficient (Wildman–Crippen LogP) is 4.49. The molecule has 2 aromatic rings. The van der Waals surface area contributed by atoms with E-state index >= 15 is 0 Å². The van der Waals surface area contributed by atoms with Crippen LogP contribution in [0.3, 0.4) is 0 Å². The highest BCUT2D eigenvalue weighted by atomic mass is 16.5. The molecule has 8 heteroatoms. The topological polar surface area (TPSA) is 81.0 Å². The molecule has 2 heterocycles. The van der Waals surface area contributed by atoms with Gasteiger partial charge < -0.3 is 14.4 Å². The maximum atomic E-state index is 12.5. The van der Waals surface area contributed by atoms with E-state index in [0.29, 0.717) is 29.5 Å². The van der Waals surface area contributed by atoms with E-state index in [1.807, 2.05) is 43.3 Å². The number of rotatable bonds is 7. The standard InChI is InChI=1S/C24H29N5O3/c1-5-28-13-9-10-19(14-18(3)25-17-28)16-32-24(30)26-23-15-21(27-29(23)6-2)20-11-7-8-12-22(20)31-4/h7-12,14-15,17H,3,5-6,13,16H2,1-2,4H3,(H,26,30)/b10-9-,19-14+,25-17-. The third-order valence-corrected chi connectivity index (χ3v) is 4.88. The number of aromatic nitrogens is 2. The summed E-state index contributed by atoms with van der Waals surface area (Å²) >= 11 is 0. The number of likely N-dealkylation sites (N-methyl/N-ethyl adjacent to an activating group) is 1. The molecular formula is C24H29N5O3. The summed E-state index contributed by atoms with van der Waals surface area (Å²) in [4.78, 5) is 18.9. The molecule has 1 amide bonds. The minimum atomic E-state index is -0.565. The average molecular weight is 436 g/mol. The van der Waals surface area contributed by atoms with Gasteiger partial charge in [0.15, 0.2) is 0 Å². The first-order valence-corrected chi connectivity index (χ1v) is 10.5. The fourth-order valence-corrected chi connectivity index (χ4v) is 3.18. The molecule has 0 fully saturated rings. The van der Waals surface area contributed by atoms with Crippen LogP contribution < -0.4 is 10.1 Å². The fraction of sp³-hybridized carbons (Fsp3) is 0.292. The van der Waals surface area contributed by atoms with Crippen molar-refractivity contribution < 1.29 is 14.3 Å². The van der Waals surface area contributed by atoms with Crippen LogP contribution in [0.1, 0.15) is 13.8 Å². The highest BCUT2D eigenvalue weighted by molar-refractivity contribution is 5.85. The van der Waals surface area contributed by atoms with Crippen molar-refractivity contribution >= 4 is 18.2 Å². The zero-order valence-corrected chi connectivity index (χ0v) is 18.7. The van der Waals surface area contributed by atoms with Crippen LogP contribution in [-0.4, -0.2) is 53.9 Å². The van der Waals surface area contributed by atoms with Crippen LogP contribution in [0, 0.1) is 0 Å². The second-order valence-corrected chi connectivity index (χ2v) is 7.08. The molecule has 1 aliphatic rings. The molecule has 0 saturated carbocycles. The second-order valence-electron chi connectivity index (χ2n) is 7.08. The smallest absolute Gasteiger partial charge is 0.413 e. The lowest BCUT2D eigenvalue weighted by atomic mass is 10.1. The molecule has 32 heavy (non-hydrogen) atoms. The van der Waals surface area contributed by atoms with Crippen molar-refractivity contribution in [2.45, 2.75) is 20.4 Å². The van der Waals surface area contributed by atoms with E-state index in [2.05, 4.69) is 33.8 Å². The van der Waals surface area contributed by atoms with Crippen molar-refractivity contribution in [2.75, 3.05) is 32.1 Å². The van der Waals surface area contributed by atoms with Gasteiger partial charge in [0.25, 0.3) is 0 Å². The number of nitrogens with zero attached hydrogens (tertiary/aromatic N) is 4. The maximum absolute atomic E-state index is 12.5. The lowest BCUT2D eigenvalue weighted by molar-refractivity contribution is 0.172. The quantitative estimate of drug-likeness (QED) is 0.693. The molecule has 1 aromatic heterocycles. The molecule has 0 unspecified atom stereocenters. The molecule has 0 spiro atoms. The summed E-state index contributed by atoms with van der Waals surface area (Å²) in [5.41, 5.74) is 2.95. The number of aryl methyl sites for hydroxylation is 1. The van der Waals surface area contributed by atoms with Gasteiger partial charge in [-0.2, -0.15) is 5.10 Å². The van der Waals surface area contributed by atoms with Crippen LogP contribution in [-0.2, 0) is 11.3 Å². The minimum Gasteiger partial charge on any atom is -0.496 e. The molecule has 0 radical (unpaired) electrons. The largest absolute Gasteiger partial charge is 0.496 e. The Bertz CT molecular complexity index is 1050. The Morgan fingerprint density at radius 2 is 2.06 bits per heavy atom. The number of para-hydroxylation sites is 1. The zero-order valence-electron chi connectivity index (χ0n) is 18.7. The van der Waals surface area contributed by atoms with Gasteiger partial charge in [0.05, 0.1) is 24.8 Å². The van der Waals surface area contributed by atoms with Crippen LogP contribution in [0.2, 0.25) is 0 Å². The van der Waals surface area contributed by atoms with Gasteiger partial charge in [0.1, 0.15) is 18.2 Å². The van der Waals surface area contributed by atoms with E-state index in [1.54, 1.807) is 30.3 Å². The van der Waals surface area contributed by atoms with E-state index in [4.69, 9.17) is 9.47 Å². The Morgan fingerprint density at radius 1 is 1.25 bits per heavy atom. The molecule has 1 N–H and O–H groups in total. The summed E-state index contributed by atoms with van der Waals surface area (Å²) in [5, 5.41) is 7.36. The van der Waals surface area contributed by atoms with Gasteiger partial charge in [0, 0.05) is 31.3 Å². The molecule has 1 aliphatic heterocycles. The van der Waals surface area contributed by atoms with Crippen molar-refractivity contribution in [1.29, 1.82) is 0 Å². The number of methoxy groups -OCH3 is 1. The molecule has 168 valence electrons. The molecule has 3 rings (SSSR count). The number of carbonyl (C=O) groups is 1. The number of nitrogens with one attached hydrogen (secondary N) is 1. The highest BCUT2D eigenvalue weighted by Crippen LogP contribution is 2.30. The summed E-state index contributed by atoms with van der Waals surface area (Å²) in [6, 6.07) is 9.42. The molecule has 1 aromatic carbocycles. The number of hydrogen-bond acceptors (Lipinski definition) is 6. The Hall–Kier alpha value is -3.81. The van der Waals surface area contributed by atoms with Gasteiger partial charge in [-0.1, -0.05) is 30.9 Å². The first-order chi connectivity index (χ1) is 15.5. The Labute approximate surface area is 188 Å². The third kappa shape index (κ3) is 5.87. The van der Waals surface area contributed by atoms with Gasteiger partial charge in [0.2, 0.25) is 0 Å². The van der Waals surface area contributed by atoms with Crippen molar-refractivity contribution in [3.8, 4) is 17.0 Å². The number of amides is 1. The van der Waals surface area contributed by atoms with Crippen molar-refractivity contribution in [3.63, 3.8) is 0 Å². The van der Waals surface area contributed by atoms with Gasteiger partial charge in [-0.15, -0.1) is 0 Å². The van der Waals surface area contributed by atoms with E-state index in [9.17, 15) is 4.79 Å². The number of carbonyl (C=O) groups excluding carboxylic acids is 1. The van der Waals surface area contributed by atoms with Crippen LogP contribution in [0.5, 0.6) is 5.75 Å². The third-order valence-electron chi connectivity index (χ3n) is 4.88. The molecular weight excluding hydrogens is 406 g/mol. The first-order valence-electron chi connectivity index (χ1n) is 10.5. The van der Waals surface area contributed by atoms with Crippen molar-refractivity contribution in [2.24, 2.45) is 4.99 Å². The SMILES string of the molecule is C=C1/C=C(COC(=O)Nc2cc(-c3ccccc3OC)nn2CC)\C=C/CN(CC)/C=N\1. The zero-order chi connectivity index (χ0) is 22.9. The molecule has 8 nitrogen and oxygen atoms in total. The minimum absolute atomic E-state index is 0.0998. The van der Waals surface area contributed by atoms with E-state index < -0.39 is 6.09 Å². The Kier molecular flexibility index (Phi) is 7.85. The maximum Gasteiger partial charge on any atom is 0.413 e. The van der Waals surface area contributed by atoms with Crippen LogP contribution in [0.4, 0.5) is 10.6 Å². The number of aliphatic imine (C=N–C) groups is 1. The van der Waals surface area contributed by atoms with Gasteiger partial charge in [-0.05, 0) is 37.6 Å². The molecule has 0 aliphatic carbocycles. The van der Waals surface area contributed by atoms with Crippen molar-refractivity contribution in [3.05, 3.63) is 66.4 Å². The summed E-state index contributed by atoms with van der Waals surface area (Å²) in [5.74, 6) is 1.26. The van der Waals surface area contributed by atoms with E-state index in [1.165, 1.54) is 0 Å². The number of ether oxygens (including phenoxy) is 2. The van der Waals surface area contributed by atoms with Crippen LogP contribution >= 0.6 is 0 Å². The number of benzene rings is 1. The Morgan fingerprint density at radius 3 is 2.81 bits per heavy atom. The summed E-state index contributed by atoms with van der Waals surface area (Å²) in [6.07, 6.45) is 6.93. The number of hydrogen-bond donors (Lipinski definition) is 1. The van der Waals surface area contributed by atoms with E-state index in [-0.39, 0.29) is 6.61 Å². The second kappa shape index (κ2) is 11.0. The summed E-state index contributed by atoms with van der Waals surface area (Å²) in [6.45, 7) is 10.2. The van der Waals surface area contributed by atoms with Gasteiger partial charge in [-0.25, -0.2) is 14.5 Å². The summed E-state index contributed by atoms with van der Waals surface area (Å²) < 4.78 is 12.6. The lowest BCUT2D eigenvalue weighted by Gasteiger charge is -2.13. The van der Waals surface area contributed by atoms with E-state index in [0.717, 1.165) is 24.2 Å². The molecule has 0 saturated heterocycles. The van der Waals surface area contributed by atoms with Crippen LogP contribution in [0.25, 0.3) is 11.3 Å². The highest BCUT2D eigenvalue weighted by Gasteiger charge is 2.15. The number of anilines is 1. The Balaban J connectivity index is 1.68. The molecule has 0 bridgehead atoms. The number of allylic oxidation sites excluding steroid dienone is 1. The van der Waals surface area contributed by atoms with Gasteiger partial charge in [-0.3, -0.25) is 5.32 Å².